The molecule has 11 heteroatoms. The van der Waals surface area contributed by atoms with Gasteiger partial charge in [0.15, 0.2) is 0 Å². The van der Waals surface area contributed by atoms with Crippen molar-refractivity contribution in [2.45, 2.75) is 0 Å². The van der Waals surface area contributed by atoms with E-state index in [0.29, 0.717) is 0 Å². The summed E-state index contributed by atoms with van der Waals surface area (Å²) in [6.07, 6.45) is 0. The van der Waals surface area contributed by atoms with Gasteiger partial charge in [-0.2, -0.15) is 0 Å². The minimum absolute atomic E-state index is 0. The van der Waals surface area contributed by atoms with Gasteiger partial charge in [0, 0.05) is 0 Å². The van der Waals surface area contributed by atoms with Crippen molar-refractivity contribution in [3.05, 3.63) is 10.1 Å². The molecule has 0 rings (SSSR count). The van der Waals surface area contributed by atoms with E-state index < -0.39 is 5.09 Å². The second-order valence-corrected chi connectivity index (χ2v) is 0.238. The molecule has 0 aliphatic rings. The molecule has 0 heterocycles. The topological polar surface area (TPSA) is 252 Å². The quantitative estimate of drug-likeness (QED) is 0.216. The van der Waals surface area contributed by atoms with Gasteiger partial charge in [0.25, 0.3) is 5.09 Å². The van der Waals surface area contributed by atoms with Gasteiger partial charge in [-0.05, 0) is 0 Å². The van der Waals surface area contributed by atoms with E-state index in [1.165, 1.54) is 0 Å². The predicted octanol–water partition coefficient (Wildman–Crippen LogP) is -5.94. The first kappa shape index (κ1) is 147. The first-order valence-corrected chi connectivity index (χ1v) is 0.565. The predicted molar refractivity (Wildman–Crippen MR) is 37.6 cm³/mol. The van der Waals surface area contributed by atoms with Crippen molar-refractivity contribution in [3.63, 3.8) is 0 Å². The van der Waals surface area contributed by atoms with Crippen molar-refractivity contribution in [1.82, 2.24) is 0 Å². The van der Waals surface area contributed by atoms with Gasteiger partial charge in [-0.1, -0.05) is 0 Å². The van der Waals surface area contributed by atoms with Gasteiger partial charge in [-0.25, -0.2) is 0 Å². The first-order valence-electron chi connectivity index (χ1n) is 0.565. The third-order valence-corrected chi connectivity index (χ3v) is 0. The maximum atomic E-state index is 8.36. The van der Waals surface area contributed by atoms with Gasteiger partial charge in [0.1, 0.15) is 0 Å². The van der Waals surface area contributed by atoms with Gasteiger partial charge < -0.3 is 38.1 Å². The van der Waals surface area contributed by atoms with E-state index >= 15 is 0 Å². The number of rotatable bonds is 0. The fourth-order valence-corrected chi connectivity index (χ4v) is 0. The third kappa shape index (κ3) is 2790. The molecule has 0 bridgehead atoms. The maximum absolute atomic E-state index is 8.36. The molecule has 0 saturated carbocycles. The molecular formula is H14LiNO9. The Hall–Kier alpha value is -0.443. The summed E-state index contributed by atoms with van der Waals surface area (Å²) >= 11 is 0. The Labute approximate surface area is 73.0 Å². The fourth-order valence-electron chi connectivity index (χ4n) is 0. The molecule has 0 spiro atoms. The van der Waals surface area contributed by atoms with E-state index in [1.807, 2.05) is 0 Å². The van der Waals surface area contributed by atoms with Crippen LogP contribution < -0.4 is 0 Å². The Morgan fingerprint density at radius 3 is 0.909 bits per heavy atom. The van der Waals surface area contributed by atoms with Crippen LogP contribution in [0, 0.1) is 10.1 Å². The number of hydrogen-bond acceptors (Lipinski definition) is 2. The molecule has 0 aliphatic heterocycles. The number of hydrogen-bond donors (Lipinski definition) is 1. The van der Waals surface area contributed by atoms with Crippen molar-refractivity contribution in [2.24, 2.45) is 0 Å². The number of nitrogens with zero attached hydrogens (tertiary/aromatic N) is 1. The SMILES string of the molecule is O.O.O.O.O.O.O=[N+]([O-])O.[LiH]. The molecule has 10 nitrogen and oxygen atoms in total. The Bertz CT molecular complexity index is 32.5. The Morgan fingerprint density at radius 1 is 0.909 bits per heavy atom. The summed E-state index contributed by atoms with van der Waals surface area (Å²) in [6, 6.07) is 0. The molecule has 0 amide bonds. The van der Waals surface area contributed by atoms with Crippen LogP contribution >= 0.6 is 0 Å². The van der Waals surface area contributed by atoms with Crippen LogP contribution in [-0.4, -0.2) is 62.0 Å². The van der Waals surface area contributed by atoms with E-state index in [4.69, 9.17) is 15.3 Å². The average Bonchev–Trinajstić information content (AvgIpc) is 0.811. The Balaban J connectivity index is -0.00000000214. The van der Waals surface area contributed by atoms with Crippen molar-refractivity contribution in [2.75, 3.05) is 0 Å². The van der Waals surface area contributed by atoms with Crippen molar-refractivity contribution in [3.8, 4) is 0 Å². The zero-order valence-corrected chi connectivity index (χ0v) is 4.71. The second-order valence-electron chi connectivity index (χ2n) is 0.238. The third-order valence-electron chi connectivity index (χ3n) is 0. The van der Waals surface area contributed by atoms with Crippen LogP contribution in [0.4, 0.5) is 0 Å². The van der Waals surface area contributed by atoms with Crippen LogP contribution in [0.5, 0.6) is 0 Å². The van der Waals surface area contributed by atoms with E-state index in [1.54, 1.807) is 0 Å². The zero-order chi connectivity index (χ0) is 3.58. The van der Waals surface area contributed by atoms with Gasteiger partial charge >= 0.3 is 18.9 Å². The van der Waals surface area contributed by atoms with Gasteiger partial charge in [0.05, 0.1) is 0 Å². The summed E-state index contributed by atoms with van der Waals surface area (Å²) in [7, 11) is 0. The van der Waals surface area contributed by atoms with E-state index in [0.717, 1.165) is 0 Å². The van der Waals surface area contributed by atoms with Crippen molar-refractivity contribution < 1.29 is 43.2 Å². The molecule has 74 valence electrons. The molecule has 0 fully saturated rings. The van der Waals surface area contributed by atoms with Gasteiger partial charge in [-0.3, -0.25) is 0 Å². The molecule has 11 heavy (non-hydrogen) atoms. The fraction of sp³-hybridized carbons (Fsp3) is 0. The molecule has 0 aromatic rings. The minimum atomic E-state index is -1.50. The molecule has 13 N–H and O–H groups in total. The summed E-state index contributed by atoms with van der Waals surface area (Å²) < 4.78 is 0. The van der Waals surface area contributed by atoms with Crippen molar-refractivity contribution >= 4 is 18.9 Å². The van der Waals surface area contributed by atoms with E-state index in [2.05, 4.69) is 0 Å². The summed E-state index contributed by atoms with van der Waals surface area (Å²) in [5.74, 6) is 0. The molecule has 0 saturated heterocycles. The Kier molecular flexibility index (Phi) is 1430. The molecule has 0 aromatic carbocycles. The van der Waals surface area contributed by atoms with Crippen LogP contribution in [0.3, 0.4) is 0 Å². The summed E-state index contributed by atoms with van der Waals surface area (Å²) in [4.78, 5) is 8.36. The van der Waals surface area contributed by atoms with Crippen LogP contribution in [0.15, 0.2) is 0 Å². The Morgan fingerprint density at radius 2 is 0.909 bits per heavy atom. The monoisotopic (exact) mass is 179 g/mol. The molecule has 0 radical (unpaired) electrons. The molecule has 0 aliphatic carbocycles. The van der Waals surface area contributed by atoms with Crippen LogP contribution in [-0.2, 0) is 0 Å². The van der Waals surface area contributed by atoms with Crippen molar-refractivity contribution in [1.29, 1.82) is 0 Å². The van der Waals surface area contributed by atoms with Crippen LogP contribution in [0.2, 0.25) is 0 Å². The van der Waals surface area contributed by atoms with Gasteiger partial charge in [0.2, 0.25) is 0 Å². The standard InChI is InChI=1S/Li.HNO3.6H2O.H/c;2-1(3)4;;;;;;;/h;(H,2,3,4);6*1H2;. The summed E-state index contributed by atoms with van der Waals surface area (Å²) in [5, 5.41) is 13.6. The summed E-state index contributed by atoms with van der Waals surface area (Å²) in [6.45, 7) is 0. The average molecular weight is 179 g/mol. The first-order chi connectivity index (χ1) is 1.73. The van der Waals surface area contributed by atoms with Crippen LogP contribution in [0.25, 0.3) is 0 Å². The zero-order valence-electron chi connectivity index (χ0n) is 4.71. The normalized spacial score (nSPS) is 2.18. The molecular weight excluding hydrogens is 165 g/mol. The summed E-state index contributed by atoms with van der Waals surface area (Å²) in [5.41, 5.74) is 0. The molecule has 0 unspecified atom stereocenters. The molecule has 0 aromatic heterocycles. The second kappa shape index (κ2) is 107. The van der Waals surface area contributed by atoms with Gasteiger partial charge in [-0.15, -0.1) is 10.1 Å². The van der Waals surface area contributed by atoms with E-state index in [-0.39, 0.29) is 51.7 Å². The van der Waals surface area contributed by atoms with E-state index in [9.17, 15) is 0 Å². The van der Waals surface area contributed by atoms with Crippen LogP contribution in [0.1, 0.15) is 0 Å². The molecule has 0 atom stereocenters.